The van der Waals surface area contributed by atoms with Gasteiger partial charge in [0.2, 0.25) is 0 Å². The molecule has 0 spiro atoms. The molecule has 1 aromatic rings. The second-order valence-corrected chi connectivity index (χ2v) is 5.50. The number of carbonyl (C=O) groups excluding carboxylic acids is 1. The Hall–Kier alpha value is -1.62. The van der Waals surface area contributed by atoms with Crippen molar-refractivity contribution >= 4 is 23.5 Å². The first-order chi connectivity index (χ1) is 8.69. The van der Waals surface area contributed by atoms with Crippen LogP contribution in [0.5, 0.6) is 0 Å². The maximum absolute atomic E-state index is 11.8. The van der Waals surface area contributed by atoms with E-state index in [9.17, 15) is 9.59 Å². The molecule has 0 radical (unpaired) electrons. The van der Waals surface area contributed by atoms with Gasteiger partial charge in [0, 0.05) is 6.20 Å². The van der Waals surface area contributed by atoms with Gasteiger partial charge in [0.05, 0.1) is 0 Å². The summed E-state index contributed by atoms with van der Waals surface area (Å²) in [5, 5.41) is 9.38. The zero-order valence-electron chi connectivity index (χ0n) is 11.0. The molecule has 0 aliphatic carbocycles. The highest BCUT2D eigenvalue weighted by molar-refractivity contribution is 6.29. The molecule has 0 aliphatic rings. The molecule has 0 amide bonds. The highest BCUT2D eigenvalue weighted by atomic mass is 35.5. The monoisotopic (exact) mass is 285 g/mol. The third-order valence-corrected chi connectivity index (χ3v) is 2.43. The summed E-state index contributed by atoms with van der Waals surface area (Å²) in [6, 6.07) is 3.15. The molecule has 0 saturated carbocycles. The topological polar surface area (TPSA) is 76.5 Å². The number of carbonyl (C=O) groups is 2. The summed E-state index contributed by atoms with van der Waals surface area (Å²) < 4.78 is 5.10. The van der Waals surface area contributed by atoms with E-state index in [0.717, 1.165) is 0 Å². The van der Waals surface area contributed by atoms with E-state index < -0.39 is 23.5 Å². The zero-order chi connectivity index (χ0) is 14.6. The standard InChI is InChI=1S/C13H16ClNO4/c1-13(2,3)19-12(18)9(11(16)17)6-8-4-5-15-10(14)7-8/h4-5,7,9H,6H2,1-3H3,(H,16,17)/t9-/m0/s1. The molecule has 5 nitrogen and oxygen atoms in total. The largest absolute Gasteiger partial charge is 0.481 e. The fourth-order valence-electron chi connectivity index (χ4n) is 1.45. The van der Waals surface area contributed by atoms with Crippen LogP contribution in [0.25, 0.3) is 0 Å². The molecule has 1 N–H and O–H groups in total. The lowest BCUT2D eigenvalue weighted by atomic mass is 10.00. The van der Waals surface area contributed by atoms with Gasteiger partial charge in [-0.2, -0.15) is 0 Å². The maximum Gasteiger partial charge on any atom is 0.321 e. The SMILES string of the molecule is CC(C)(C)OC(=O)[C@@H](Cc1ccnc(Cl)c1)C(=O)O. The van der Waals surface area contributed by atoms with E-state index in [0.29, 0.717) is 5.56 Å². The number of carboxylic acids is 1. The van der Waals surface area contributed by atoms with Crippen molar-refractivity contribution in [3.63, 3.8) is 0 Å². The first kappa shape index (κ1) is 15.4. The van der Waals surface area contributed by atoms with Crippen molar-refractivity contribution in [1.82, 2.24) is 4.98 Å². The average Bonchev–Trinajstić information content (AvgIpc) is 2.23. The number of pyridine rings is 1. The number of halogens is 1. The molecule has 0 aliphatic heterocycles. The van der Waals surface area contributed by atoms with E-state index in [4.69, 9.17) is 21.4 Å². The van der Waals surface area contributed by atoms with Crippen LogP contribution >= 0.6 is 11.6 Å². The average molecular weight is 286 g/mol. The van der Waals surface area contributed by atoms with Crippen molar-refractivity contribution in [2.45, 2.75) is 32.8 Å². The highest BCUT2D eigenvalue weighted by Gasteiger charge is 2.31. The minimum Gasteiger partial charge on any atom is -0.481 e. The molecule has 0 aromatic carbocycles. The summed E-state index contributed by atoms with van der Waals surface area (Å²) in [6.07, 6.45) is 1.48. The lowest BCUT2D eigenvalue weighted by molar-refractivity contribution is -0.166. The van der Waals surface area contributed by atoms with Crippen molar-refractivity contribution < 1.29 is 19.4 Å². The molecule has 104 valence electrons. The quantitative estimate of drug-likeness (QED) is 0.522. The Morgan fingerprint density at radius 1 is 1.47 bits per heavy atom. The lowest BCUT2D eigenvalue weighted by Crippen LogP contribution is -2.34. The smallest absolute Gasteiger partial charge is 0.321 e. The van der Waals surface area contributed by atoms with E-state index in [2.05, 4.69) is 4.98 Å². The zero-order valence-corrected chi connectivity index (χ0v) is 11.8. The Morgan fingerprint density at radius 2 is 2.11 bits per heavy atom. The van der Waals surface area contributed by atoms with Crippen molar-refractivity contribution in [1.29, 1.82) is 0 Å². The maximum atomic E-state index is 11.8. The Labute approximate surface area is 116 Å². The summed E-state index contributed by atoms with van der Waals surface area (Å²) >= 11 is 5.72. The molecule has 1 atom stereocenters. The minimum atomic E-state index is -1.25. The van der Waals surface area contributed by atoms with Crippen LogP contribution in [-0.4, -0.2) is 27.6 Å². The van der Waals surface area contributed by atoms with Crippen LogP contribution < -0.4 is 0 Å². The molecule has 19 heavy (non-hydrogen) atoms. The van der Waals surface area contributed by atoms with Gasteiger partial charge in [-0.3, -0.25) is 9.59 Å². The van der Waals surface area contributed by atoms with E-state index >= 15 is 0 Å². The van der Waals surface area contributed by atoms with Crippen LogP contribution in [0.1, 0.15) is 26.3 Å². The molecule has 6 heteroatoms. The first-order valence-corrected chi connectivity index (χ1v) is 6.13. The molecule has 1 aromatic heterocycles. The number of nitrogens with zero attached hydrogens (tertiary/aromatic N) is 1. The van der Waals surface area contributed by atoms with Crippen LogP contribution in [0, 0.1) is 5.92 Å². The number of ether oxygens (including phenoxy) is 1. The molecule has 0 fully saturated rings. The van der Waals surface area contributed by atoms with Gasteiger partial charge in [-0.15, -0.1) is 0 Å². The van der Waals surface area contributed by atoms with Crippen molar-refractivity contribution in [2.75, 3.05) is 0 Å². The molecular weight excluding hydrogens is 270 g/mol. The number of rotatable bonds is 4. The number of esters is 1. The van der Waals surface area contributed by atoms with Crippen LogP contribution in [0.4, 0.5) is 0 Å². The summed E-state index contributed by atoms with van der Waals surface area (Å²) in [6.45, 7) is 5.06. The number of carboxylic acid groups (broad SMARTS) is 1. The van der Waals surface area contributed by atoms with Gasteiger partial charge in [-0.1, -0.05) is 11.6 Å². The predicted molar refractivity (Wildman–Crippen MR) is 69.9 cm³/mol. The molecule has 0 saturated heterocycles. The molecule has 0 unspecified atom stereocenters. The van der Waals surface area contributed by atoms with Gasteiger partial charge in [-0.05, 0) is 44.9 Å². The van der Waals surface area contributed by atoms with Crippen LogP contribution in [0.15, 0.2) is 18.3 Å². The Kier molecular flexibility index (Phi) is 4.89. The molecule has 1 heterocycles. The third-order valence-electron chi connectivity index (χ3n) is 2.22. The minimum absolute atomic E-state index is 0.0203. The summed E-state index contributed by atoms with van der Waals surface area (Å²) in [5.41, 5.74) is -0.0982. The fraction of sp³-hybridized carbons (Fsp3) is 0.462. The van der Waals surface area contributed by atoms with Gasteiger partial charge in [-0.25, -0.2) is 4.98 Å². The molecule has 1 rings (SSSR count). The van der Waals surface area contributed by atoms with E-state index in [-0.39, 0.29) is 11.6 Å². The highest BCUT2D eigenvalue weighted by Crippen LogP contribution is 2.17. The summed E-state index contributed by atoms with van der Waals surface area (Å²) in [4.78, 5) is 26.8. The van der Waals surface area contributed by atoms with Gasteiger partial charge in [0.15, 0.2) is 5.92 Å². The Balaban J connectivity index is 2.84. The lowest BCUT2D eigenvalue weighted by Gasteiger charge is -2.22. The van der Waals surface area contributed by atoms with Crippen LogP contribution in [0.3, 0.4) is 0 Å². The number of hydrogen-bond donors (Lipinski definition) is 1. The molecule has 0 bridgehead atoms. The number of aromatic nitrogens is 1. The first-order valence-electron chi connectivity index (χ1n) is 5.75. The second kappa shape index (κ2) is 6.02. The van der Waals surface area contributed by atoms with Crippen LogP contribution in [0.2, 0.25) is 5.15 Å². The fourth-order valence-corrected chi connectivity index (χ4v) is 1.65. The summed E-state index contributed by atoms with van der Waals surface area (Å²) in [5.74, 6) is -3.23. The van der Waals surface area contributed by atoms with Crippen molar-refractivity contribution in [2.24, 2.45) is 5.92 Å². The van der Waals surface area contributed by atoms with Crippen molar-refractivity contribution in [3.8, 4) is 0 Å². The normalized spacial score (nSPS) is 12.8. The molecular formula is C13H16ClNO4. The second-order valence-electron chi connectivity index (χ2n) is 5.12. The Bertz CT molecular complexity index is 482. The number of hydrogen-bond acceptors (Lipinski definition) is 4. The third kappa shape index (κ3) is 5.26. The van der Waals surface area contributed by atoms with E-state index in [1.807, 2.05) is 0 Å². The van der Waals surface area contributed by atoms with Gasteiger partial charge in [0.25, 0.3) is 0 Å². The van der Waals surface area contributed by atoms with Crippen molar-refractivity contribution in [3.05, 3.63) is 29.0 Å². The number of aliphatic carboxylic acids is 1. The van der Waals surface area contributed by atoms with Crippen LogP contribution in [-0.2, 0) is 20.7 Å². The van der Waals surface area contributed by atoms with Gasteiger partial charge >= 0.3 is 11.9 Å². The predicted octanol–water partition coefficient (Wildman–Crippen LogP) is 2.32. The Morgan fingerprint density at radius 3 is 2.58 bits per heavy atom. The summed E-state index contributed by atoms with van der Waals surface area (Å²) in [7, 11) is 0. The van der Waals surface area contributed by atoms with Gasteiger partial charge in [0.1, 0.15) is 10.8 Å². The van der Waals surface area contributed by atoms with Gasteiger partial charge < -0.3 is 9.84 Å². The van der Waals surface area contributed by atoms with E-state index in [1.165, 1.54) is 12.3 Å². The van der Waals surface area contributed by atoms with E-state index in [1.54, 1.807) is 26.8 Å².